The number of nitrogens with two attached hydrogens (primary N) is 1. The molecule has 0 fully saturated rings. The molecule has 15 heavy (non-hydrogen) atoms. The zero-order chi connectivity index (χ0) is 11.5. The summed E-state index contributed by atoms with van der Waals surface area (Å²) in [4.78, 5) is -0.201. The van der Waals surface area contributed by atoms with E-state index in [9.17, 15) is 17.2 Å². The summed E-state index contributed by atoms with van der Waals surface area (Å²) in [6.45, 7) is -0.718. The van der Waals surface area contributed by atoms with Gasteiger partial charge in [-0.1, -0.05) is 0 Å². The van der Waals surface area contributed by atoms with Gasteiger partial charge in [-0.15, -0.1) is 0 Å². The topological polar surface area (TPSA) is 60.2 Å². The first kappa shape index (κ1) is 11.9. The second-order valence-electron chi connectivity index (χ2n) is 3.08. The zero-order valence-electron chi connectivity index (χ0n) is 7.91. The Labute approximate surface area is 86.8 Å². The van der Waals surface area contributed by atoms with Crippen molar-refractivity contribution in [3.05, 3.63) is 24.0 Å². The van der Waals surface area contributed by atoms with Crippen molar-refractivity contribution in [2.45, 2.75) is 11.3 Å². The second kappa shape index (κ2) is 4.57. The molecule has 84 valence electrons. The van der Waals surface area contributed by atoms with E-state index < -0.39 is 22.3 Å². The summed E-state index contributed by atoms with van der Waals surface area (Å²) in [7, 11) is -3.63. The maximum absolute atomic E-state index is 12.9. The number of alkyl halides is 1. The Bertz CT molecular complexity index is 425. The molecule has 3 nitrogen and oxygen atoms in total. The van der Waals surface area contributed by atoms with E-state index in [1.54, 1.807) is 0 Å². The highest BCUT2D eigenvalue weighted by Crippen LogP contribution is 2.17. The maximum Gasteiger partial charge on any atom is 0.178 e. The van der Waals surface area contributed by atoms with Crippen LogP contribution < -0.4 is 5.73 Å². The summed E-state index contributed by atoms with van der Waals surface area (Å²) in [6, 6.07) is 3.06. The Kier molecular flexibility index (Phi) is 3.62. The first-order valence-electron chi connectivity index (χ1n) is 4.30. The van der Waals surface area contributed by atoms with E-state index in [2.05, 4.69) is 0 Å². The molecule has 1 rings (SSSR count). The highest BCUT2D eigenvalue weighted by Gasteiger charge is 2.15. The fourth-order valence-electron chi connectivity index (χ4n) is 1.13. The van der Waals surface area contributed by atoms with Crippen molar-refractivity contribution in [3.63, 3.8) is 0 Å². The Balaban J connectivity index is 3.04. The van der Waals surface area contributed by atoms with E-state index in [0.717, 1.165) is 18.2 Å². The molecule has 0 spiro atoms. The van der Waals surface area contributed by atoms with Crippen LogP contribution in [0.15, 0.2) is 23.1 Å². The van der Waals surface area contributed by atoms with Gasteiger partial charge >= 0.3 is 0 Å². The normalized spacial score (nSPS) is 11.6. The predicted molar refractivity (Wildman–Crippen MR) is 53.5 cm³/mol. The highest BCUT2D eigenvalue weighted by atomic mass is 32.2. The molecular formula is C9H11F2NO2S. The third-order valence-corrected chi connectivity index (χ3v) is 3.58. The maximum atomic E-state index is 12.9. The molecule has 0 aliphatic rings. The van der Waals surface area contributed by atoms with E-state index in [-0.39, 0.29) is 22.8 Å². The van der Waals surface area contributed by atoms with Gasteiger partial charge in [-0.3, -0.25) is 4.39 Å². The third kappa shape index (κ3) is 3.16. The van der Waals surface area contributed by atoms with E-state index in [1.165, 1.54) is 0 Å². The molecule has 0 aromatic heterocycles. The average Bonchev–Trinajstić information content (AvgIpc) is 2.13. The molecular weight excluding hydrogens is 224 g/mol. The minimum Gasteiger partial charge on any atom is -0.399 e. The molecule has 0 atom stereocenters. The van der Waals surface area contributed by atoms with Gasteiger partial charge in [0.05, 0.1) is 17.3 Å². The average molecular weight is 235 g/mol. The summed E-state index contributed by atoms with van der Waals surface area (Å²) in [5.74, 6) is -1.05. The van der Waals surface area contributed by atoms with Gasteiger partial charge in [0, 0.05) is 5.69 Å². The van der Waals surface area contributed by atoms with Crippen LogP contribution in [-0.2, 0) is 9.84 Å². The summed E-state index contributed by atoms with van der Waals surface area (Å²) >= 11 is 0. The van der Waals surface area contributed by atoms with Crippen molar-refractivity contribution in [1.29, 1.82) is 0 Å². The SMILES string of the molecule is Nc1cc(F)cc(S(=O)(=O)CCCF)c1. The Morgan fingerprint density at radius 1 is 1.27 bits per heavy atom. The Hall–Kier alpha value is -1.17. The summed E-state index contributed by atoms with van der Waals surface area (Å²) in [6.07, 6.45) is -0.0985. The molecule has 0 saturated carbocycles. The number of benzene rings is 1. The molecule has 0 amide bonds. The Morgan fingerprint density at radius 2 is 1.93 bits per heavy atom. The van der Waals surface area contributed by atoms with Crippen molar-refractivity contribution in [2.24, 2.45) is 0 Å². The van der Waals surface area contributed by atoms with Crippen molar-refractivity contribution in [3.8, 4) is 0 Å². The first-order chi connectivity index (χ1) is 6.95. The van der Waals surface area contributed by atoms with Gasteiger partial charge in [-0.05, 0) is 24.6 Å². The lowest BCUT2D eigenvalue weighted by molar-refractivity contribution is 0.484. The van der Waals surface area contributed by atoms with Gasteiger partial charge < -0.3 is 5.73 Å². The molecule has 2 N–H and O–H groups in total. The molecule has 0 aliphatic heterocycles. The van der Waals surface area contributed by atoms with Crippen molar-refractivity contribution >= 4 is 15.5 Å². The zero-order valence-corrected chi connectivity index (χ0v) is 8.73. The summed E-state index contributed by atoms with van der Waals surface area (Å²) in [5.41, 5.74) is 5.34. The van der Waals surface area contributed by atoms with Crippen LogP contribution in [0.2, 0.25) is 0 Å². The third-order valence-electron chi connectivity index (χ3n) is 1.80. The quantitative estimate of drug-likeness (QED) is 0.805. The lowest BCUT2D eigenvalue weighted by Crippen LogP contribution is -2.08. The number of hydrogen-bond donors (Lipinski definition) is 1. The van der Waals surface area contributed by atoms with Gasteiger partial charge in [-0.2, -0.15) is 0 Å². The summed E-state index contributed by atoms with van der Waals surface area (Å²) < 4.78 is 47.7. The molecule has 0 radical (unpaired) electrons. The number of sulfone groups is 1. The van der Waals surface area contributed by atoms with E-state index in [4.69, 9.17) is 5.73 Å². The second-order valence-corrected chi connectivity index (χ2v) is 5.19. The van der Waals surface area contributed by atoms with Gasteiger partial charge in [0.2, 0.25) is 0 Å². The monoisotopic (exact) mass is 235 g/mol. The largest absolute Gasteiger partial charge is 0.399 e. The van der Waals surface area contributed by atoms with Crippen LogP contribution in [0, 0.1) is 5.82 Å². The smallest absolute Gasteiger partial charge is 0.178 e. The molecule has 6 heteroatoms. The van der Waals surface area contributed by atoms with Gasteiger partial charge in [0.1, 0.15) is 5.82 Å². The van der Waals surface area contributed by atoms with Crippen LogP contribution in [0.4, 0.5) is 14.5 Å². The van der Waals surface area contributed by atoms with Crippen LogP contribution in [0.25, 0.3) is 0 Å². The van der Waals surface area contributed by atoms with Gasteiger partial charge in [-0.25, -0.2) is 12.8 Å². The highest BCUT2D eigenvalue weighted by molar-refractivity contribution is 7.91. The lowest BCUT2D eigenvalue weighted by Gasteiger charge is -2.04. The minimum absolute atomic E-state index is 0.0359. The Morgan fingerprint density at radius 3 is 2.47 bits per heavy atom. The standard InChI is InChI=1S/C9H11F2NO2S/c10-2-1-3-15(13,14)9-5-7(11)4-8(12)6-9/h4-6H,1-3,12H2. The molecule has 0 aliphatic carbocycles. The first-order valence-corrected chi connectivity index (χ1v) is 5.96. The van der Waals surface area contributed by atoms with Crippen LogP contribution in [-0.4, -0.2) is 20.8 Å². The molecule has 0 bridgehead atoms. The minimum atomic E-state index is -3.63. The van der Waals surface area contributed by atoms with E-state index in [0.29, 0.717) is 0 Å². The van der Waals surface area contributed by atoms with Crippen LogP contribution in [0.1, 0.15) is 6.42 Å². The van der Waals surface area contributed by atoms with E-state index >= 15 is 0 Å². The molecule has 0 saturated heterocycles. The number of nitrogen functional groups attached to an aromatic ring is 1. The van der Waals surface area contributed by atoms with Crippen LogP contribution in [0.3, 0.4) is 0 Å². The van der Waals surface area contributed by atoms with Crippen LogP contribution >= 0.6 is 0 Å². The van der Waals surface area contributed by atoms with Crippen LogP contribution in [0.5, 0.6) is 0 Å². The van der Waals surface area contributed by atoms with Crippen molar-refractivity contribution < 1.29 is 17.2 Å². The molecule has 1 aromatic carbocycles. The lowest BCUT2D eigenvalue weighted by atomic mass is 10.3. The number of hydrogen-bond acceptors (Lipinski definition) is 3. The fourth-order valence-corrected chi connectivity index (χ4v) is 2.46. The number of anilines is 1. The number of halogens is 2. The molecule has 0 heterocycles. The summed E-state index contributed by atoms with van der Waals surface area (Å²) in [5, 5.41) is 0. The predicted octanol–water partition coefficient (Wildman–Crippen LogP) is 1.54. The fraction of sp³-hybridized carbons (Fsp3) is 0.333. The number of rotatable bonds is 4. The van der Waals surface area contributed by atoms with Crippen molar-refractivity contribution in [2.75, 3.05) is 18.2 Å². The van der Waals surface area contributed by atoms with E-state index in [1.807, 2.05) is 0 Å². The van der Waals surface area contributed by atoms with Crippen molar-refractivity contribution in [1.82, 2.24) is 0 Å². The van der Waals surface area contributed by atoms with Gasteiger partial charge in [0.15, 0.2) is 9.84 Å². The van der Waals surface area contributed by atoms with Gasteiger partial charge in [0.25, 0.3) is 0 Å². The molecule has 0 unspecified atom stereocenters. The molecule has 1 aromatic rings.